The van der Waals surface area contributed by atoms with Gasteiger partial charge in [0, 0.05) is 13.1 Å². The molecule has 4 nitrogen and oxygen atoms in total. The molecule has 5 heteroatoms. The van der Waals surface area contributed by atoms with E-state index in [1.54, 1.807) is 18.0 Å². The highest BCUT2D eigenvalue weighted by Crippen LogP contribution is 2.18. The maximum absolute atomic E-state index is 12.6. The van der Waals surface area contributed by atoms with Crippen LogP contribution in [0.5, 0.6) is 0 Å². The second-order valence-corrected chi connectivity index (χ2v) is 4.03. The summed E-state index contributed by atoms with van der Waals surface area (Å²) in [5.41, 5.74) is 0. The quantitative estimate of drug-likeness (QED) is 0.826. The van der Waals surface area contributed by atoms with Crippen LogP contribution in [-0.4, -0.2) is 30.5 Å². The lowest BCUT2D eigenvalue weighted by atomic mass is 10.4. The molecule has 1 fully saturated rings. The van der Waals surface area contributed by atoms with E-state index in [0.717, 1.165) is 19.0 Å². The van der Waals surface area contributed by atoms with Crippen LogP contribution in [0.3, 0.4) is 0 Å². The summed E-state index contributed by atoms with van der Waals surface area (Å²) in [7, 11) is 1.76. The minimum Gasteiger partial charge on any atom is -0.352 e. The maximum Gasteiger partial charge on any atom is 0.239 e. The number of carbonyl (C=O) groups is 1. The minimum atomic E-state index is -0.375. The summed E-state index contributed by atoms with van der Waals surface area (Å²) in [6.45, 7) is 0.245. The molecule has 1 amide bonds. The van der Waals surface area contributed by atoms with E-state index in [1.807, 2.05) is 0 Å². The van der Waals surface area contributed by atoms with Crippen LogP contribution in [0.4, 0.5) is 10.2 Å². The summed E-state index contributed by atoms with van der Waals surface area (Å²) in [5, 5.41) is 2.88. The van der Waals surface area contributed by atoms with Gasteiger partial charge in [0.15, 0.2) is 0 Å². The molecule has 1 saturated carbocycles. The molecule has 16 heavy (non-hydrogen) atoms. The Morgan fingerprint density at radius 1 is 1.62 bits per heavy atom. The molecule has 0 aromatic carbocycles. The van der Waals surface area contributed by atoms with Crippen molar-refractivity contribution in [3.8, 4) is 0 Å². The number of pyridine rings is 1. The molecule has 1 aliphatic rings. The molecule has 0 unspecified atom stereocenters. The second kappa shape index (κ2) is 4.47. The molecular formula is C11H14FN3O. The number of hydrogen-bond donors (Lipinski definition) is 1. The summed E-state index contributed by atoms with van der Waals surface area (Å²) >= 11 is 0. The zero-order valence-corrected chi connectivity index (χ0v) is 9.11. The highest BCUT2D eigenvalue weighted by molar-refractivity contribution is 5.81. The largest absolute Gasteiger partial charge is 0.352 e. The van der Waals surface area contributed by atoms with E-state index < -0.39 is 0 Å². The zero-order valence-electron chi connectivity index (χ0n) is 9.11. The second-order valence-electron chi connectivity index (χ2n) is 4.03. The first-order valence-corrected chi connectivity index (χ1v) is 5.27. The van der Waals surface area contributed by atoms with E-state index in [9.17, 15) is 9.18 Å². The molecule has 0 aliphatic heterocycles. The monoisotopic (exact) mass is 223 g/mol. The van der Waals surface area contributed by atoms with Gasteiger partial charge in [-0.2, -0.15) is 0 Å². The van der Waals surface area contributed by atoms with Gasteiger partial charge >= 0.3 is 0 Å². The lowest BCUT2D eigenvalue weighted by Crippen LogP contribution is -2.36. The highest BCUT2D eigenvalue weighted by atomic mass is 19.1. The third kappa shape index (κ3) is 2.92. The molecular weight excluding hydrogens is 209 g/mol. The molecule has 0 saturated heterocycles. The molecule has 1 heterocycles. The van der Waals surface area contributed by atoms with Gasteiger partial charge in [0.2, 0.25) is 5.91 Å². The van der Waals surface area contributed by atoms with Gasteiger partial charge in [-0.3, -0.25) is 4.79 Å². The fraction of sp³-hybridized carbons (Fsp3) is 0.455. The van der Waals surface area contributed by atoms with Crippen molar-refractivity contribution < 1.29 is 9.18 Å². The lowest BCUT2D eigenvalue weighted by Gasteiger charge is -2.17. The number of rotatable bonds is 4. The number of carbonyl (C=O) groups excluding carboxylic acids is 1. The number of amides is 1. The van der Waals surface area contributed by atoms with Gasteiger partial charge in [-0.05, 0) is 25.0 Å². The van der Waals surface area contributed by atoms with Crippen molar-refractivity contribution in [2.45, 2.75) is 18.9 Å². The van der Waals surface area contributed by atoms with Crippen LogP contribution in [0.1, 0.15) is 12.8 Å². The first-order valence-electron chi connectivity index (χ1n) is 5.27. The van der Waals surface area contributed by atoms with E-state index in [1.165, 1.54) is 6.07 Å². The van der Waals surface area contributed by atoms with Gasteiger partial charge in [-0.25, -0.2) is 9.37 Å². The van der Waals surface area contributed by atoms with Gasteiger partial charge in [-0.15, -0.1) is 0 Å². The SMILES string of the molecule is CN(CC(=O)NC1CC1)c1ccc(F)cn1. The Labute approximate surface area is 93.5 Å². The standard InChI is InChI=1S/C11H14FN3O/c1-15(7-11(16)14-9-3-4-9)10-5-2-8(12)6-13-10/h2,5-6,9H,3-4,7H2,1H3,(H,14,16). The van der Waals surface area contributed by atoms with Crippen molar-refractivity contribution in [3.05, 3.63) is 24.1 Å². The Morgan fingerprint density at radius 2 is 2.38 bits per heavy atom. The van der Waals surface area contributed by atoms with Gasteiger partial charge in [0.25, 0.3) is 0 Å². The molecule has 0 spiro atoms. The van der Waals surface area contributed by atoms with E-state index >= 15 is 0 Å². The van der Waals surface area contributed by atoms with Crippen molar-refractivity contribution in [2.75, 3.05) is 18.5 Å². The van der Waals surface area contributed by atoms with Crippen molar-refractivity contribution in [2.24, 2.45) is 0 Å². The average Bonchev–Trinajstić information content (AvgIpc) is 3.02. The van der Waals surface area contributed by atoms with Crippen molar-refractivity contribution in [1.29, 1.82) is 0 Å². The van der Waals surface area contributed by atoms with E-state index in [4.69, 9.17) is 0 Å². The Hall–Kier alpha value is -1.65. The number of aromatic nitrogens is 1. The van der Waals surface area contributed by atoms with Crippen molar-refractivity contribution in [3.63, 3.8) is 0 Å². The van der Waals surface area contributed by atoms with Crippen molar-refractivity contribution in [1.82, 2.24) is 10.3 Å². The topological polar surface area (TPSA) is 45.2 Å². The average molecular weight is 223 g/mol. The smallest absolute Gasteiger partial charge is 0.239 e. The Bertz CT molecular complexity index is 375. The third-order valence-corrected chi connectivity index (χ3v) is 2.43. The first-order chi connectivity index (χ1) is 7.65. The molecule has 1 N–H and O–H groups in total. The molecule has 0 atom stereocenters. The predicted molar refractivity (Wildman–Crippen MR) is 58.6 cm³/mol. The Kier molecular flexibility index (Phi) is 3.03. The van der Waals surface area contributed by atoms with E-state index in [-0.39, 0.29) is 18.3 Å². The number of nitrogens with one attached hydrogen (secondary N) is 1. The van der Waals surface area contributed by atoms with E-state index in [2.05, 4.69) is 10.3 Å². The maximum atomic E-state index is 12.6. The van der Waals surface area contributed by atoms with E-state index in [0.29, 0.717) is 11.9 Å². The summed E-state index contributed by atoms with van der Waals surface area (Å²) < 4.78 is 12.6. The Balaban J connectivity index is 1.88. The number of anilines is 1. The fourth-order valence-corrected chi connectivity index (χ4v) is 1.39. The number of likely N-dealkylation sites (N-methyl/N-ethyl adjacent to an activating group) is 1. The minimum absolute atomic E-state index is 0.0175. The molecule has 0 radical (unpaired) electrons. The van der Waals surface area contributed by atoms with Gasteiger partial charge in [-0.1, -0.05) is 0 Å². The van der Waals surface area contributed by atoms with Crippen LogP contribution >= 0.6 is 0 Å². The summed E-state index contributed by atoms with van der Waals surface area (Å²) in [6, 6.07) is 3.25. The van der Waals surface area contributed by atoms with Crippen LogP contribution in [0.2, 0.25) is 0 Å². The highest BCUT2D eigenvalue weighted by Gasteiger charge is 2.23. The number of halogens is 1. The zero-order chi connectivity index (χ0) is 11.5. The number of nitrogens with zero attached hydrogens (tertiary/aromatic N) is 2. The summed E-state index contributed by atoms with van der Waals surface area (Å²) in [5.74, 6) is 0.197. The van der Waals surface area contributed by atoms with Gasteiger partial charge in [0.1, 0.15) is 11.6 Å². The van der Waals surface area contributed by atoms with Crippen molar-refractivity contribution >= 4 is 11.7 Å². The molecule has 86 valence electrons. The molecule has 1 aliphatic carbocycles. The van der Waals surface area contributed by atoms with Crippen LogP contribution < -0.4 is 10.2 Å². The summed E-state index contributed by atoms with van der Waals surface area (Å²) in [4.78, 5) is 17.1. The first kappa shape index (κ1) is 10.9. The van der Waals surface area contributed by atoms with Crippen LogP contribution in [0.15, 0.2) is 18.3 Å². The predicted octanol–water partition coefficient (Wildman–Crippen LogP) is 0.935. The summed E-state index contributed by atoms with van der Waals surface area (Å²) in [6.07, 6.45) is 3.29. The van der Waals surface area contributed by atoms with Crippen LogP contribution in [0, 0.1) is 5.82 Å². The normalized spacial score (nSPS) is 14.6. The third-order valence-electron chi connectivity index (χ3n) is 2.43. The molecule has 1 aromatic heterocycles. The van der Waals surface area contributed by atoms with Gasteiger partial charge < -0.3 is 10.2 Å². The van der Waals surface area contributed by atoms with Crippen LogP contribution in [-0.2, 0) is 4.79 Å². The molecule has 0 bridgehead atoms. The Morgan fingerprint density at radius 3 is 2.94 bits per heavy atom. The molecule has 1 aromatic rings. The van der Waals surface area contributed by atoms with Crippen LogP contribution in [0.25, 0.3) is 0 Å². The number of hydrogen-bond acceptors (Lipinski definition) is 3. The lowest BCUT2D eigenvalue weighted by molar-refractivity contribution is -0.119. The molecule has 2 rings (SSSR count). The fourth-order valence-electron chi connectivity index (χ4n) is 1.39. The van der Waals surface area contributed by atoms with Gasteiger partial charge in [0.05, 0.1) is 12.7 Å².